The molecule has 1 aliphatic heterocycles. The molecule has 1 N–H and O–H groups in total. The van der Waals surface area contributed by atoms with Crippen LogP contribution in [0.2, 0.25) is 0 Å². The fraction of sp³-hybridized carbons (Fsp3) is 0.182. The number of nitrogens with one attached hydrogen (secondary N) is 1. The summed E-state index contributed by atoms with van der Waals surface area (Å²) in [4.78, 5) is 11.4. The van der Waals surface area contributed by atoms with Gasteiger partial charge in [-0.3, -0.25) is 0 Å². The van der Waals surface area contributed by atoms with Crippen LogP contribution in [0.3, 0.4) is 0 Å². The molecule has 3 nitrogen and oxygen atoms in total. The molecule has 0 saturated carbocycles. The molecule has 1 unspecified atom stereocenters. The fourth-order valence-corrected chi connectivity index (χ4v) is 2.39. The van der Waals surface area contributed by atoms with Crippen molar-refractivity contribution in [1.29, 1.82) is 0 Å². The molecule has 0 spiro atoms. The topological polar surface area (TPSA) is 38.3 Å². The van der Waals surface area contributed by atoms with Crippen LogP contribution < -0.4 is 5.32 Å². The molecule has 1 aromatic carbocycles. The molecule has 84 valence electrons. The van der Waals surface area contributed by atoms with Crippen molar-refractivity contribution in [2.75, 3.05) is 12.4 Å². The molecule has 1 aliphatic rings. The van der Waals surface area contributed by atoms with Crippen LogP contribution in [0, 0.1) is 0 Å². The molecule has 5 heteroatoms. The van der Waals surface area contributed by atoms with Crippen molar-refractivity contribution in [3.8, 4) is 0 Å². The number of hydrogen-bond acceptors (Lipinski definition) is 3. The van der Waals surface area contributed by atoms with Crippen molar-refractivity contribution in [1.82, 2.24) is 0 Å². The number of benzene rings is 1. The van der Waals surface area contributed by atoms with Crippen molar-refractivity contribution in [3.63, 3.8) is 0 Å². The molecule has 16 heavy (non-hydrogen) atoms. The Hall–Kier alpha value is -1.00. The van der Waals surface area contributed by atoms with Crippen LogP contribution in [0.15, 0.2) is 28.9 Å². The zero-order valence-electron chi connectivity index (χ0n) is 8.46. The minimum absolute atomic E-state index is 0.239. The number of hydrogen-bond donors (Lipinski definition) is 1. The predicted molar refractivity (Wildman–Crippen MR) is 66.8 cm³/mol. The number of alkyl halides is 1. The maximum atomic E-state index is 11.4. The normalized spacial score (nSPS) is 17.6. The summed E-state index contributed by atoms with van der Waals surface area (Å²) < 4.78 is 5.47. The molecular formula is C11H9BrClNO2. The molecule has 0 radical (unpaired) electrons. The first kappa shape index (κ1) is 11.5. The number of carbonyl (C=O) groups excluding carboxylic acids is 1. The van der Waals surface area contributed by atoms with Gasteiger partial charge in [0.25, 0.3) is 0 Å². The number of halogens is 2. The number of fused-ring (bicyclic) bond motifs is 1. The van der Waals surface area contributed by atoms with Gasteiger partial charge in [-0.25, -0.2) is 4.79 Å². The van der Waals surface area contributed by atoms with E-state index in [-0.39, 0.29) is 11.3 Å². The van der Waals surface area contributed by atoms with E-state index in [1.54, 1.807) is 18.3 Å². The molecule has 1 heterocycles. The van der Waals surface area contributed by atoms with Gasteiger partial charge in [-0.05, 0) is 45.9 Å². The fourth-order valence-electron chi connectivity index (χ4n) is 1.55. The van der Waals surface area contributed by atoms with Gasteiger partial charge >= 0.3 is 5.97 Å². The summed E-state index contributed by atoms with van der Waals surface area (Å²) in [5.41, 5.74) is 2.23. The van der Waals surface area contributed by atoms with E-state index in [9.17, 15) is 4.79 Å². The molecule has 0 aromatic heterocycles. The standard InChI is InChI=1S/C11H9BrClNO2/c1-16-11(15)6-4-7-9(13)2-3-14-10(7)8(12)5-6/h2-5,9,14H,1H3. The lowest BCUT2D eigenvalue weighted by Gasteiger charge is -2.19. The Bertz CT molecular complexity index is 473. The largest absolute Gasteiger partial charge is 0.465 e. The summed E-state index contributed by atoms with van der Waals surface area (Å²) >= 11 is 9.53. The second-order valence-electron chi connectivity index (χ2n) is 3.32. The summed E-state index contributed by atoms with van der Waals surface area (Å²) in [6.07, 6.45) is 3.60. The van der Waals surface area contributed by atoms with E-state index in [1.807, 2.05) is 6.08 Å². The lowest BCUT2D eigenvalue weighted by molar-refractivity contribution is 0.0600. The van der Waals surface area contributed by atoms with Crippen LogP contribution in [0.25, 0.3) is 0 Å². The molecule has 1 aromatic rings. The van der Waals surface area contributed by atoms with E-state index in [4.69, 9.17) is 11.6 Å². The molecule has 1 atom stereocenters. The number of carbonyl (C=O) groups is 1. The summed E-state index contributed by atoms with van der Waals surface area (Å²) in [5, 5.41) is 2.84. The van der Waals surface area contributed by atoms with Gasteiger partial charge in [0.05, 0.1) is 23.7 Å². The molecule has 0 bridgehead atoms. The van der Waals surface area contributed by atoms with Gasteiger partial charge in [-0.2, -0.15) is 0 Å². The molecule has 0 saturated heterocycles. The summed E-state index contributed by atoms with van der Waals surface area (Å²) in [6, 6.07) is 3.44. The predicted octanol–water partition coefficient (Wildman–Crippen LogP) is 3.45. The lowest BCUT2D eigenvalue weighted by atomic mass is 10.0. The van der Waals surface area contributed by atoms with E-state index in [1.165, 1.54) is 7.11 Å². The zero-order chi connectivity index (χ0) is 11.7. The Morgan fingerprint density at radius 2 is 2.31 bits per heavy atom. The van der Waals surface area contributed by atoms with Crippen LogP contribution in [-0.2, 0) is 4.74 Å². The number of allylic oxidation sites excluding steroid dienone is 1. The van der Waals surface area contributed by atoms with Crippen LogP contribution in [0.5, 0.6) is 0 Å². The average Bonchev–Trinajstić information content (AvgIpc) is 2.29. The van der Waals surface area contributed by atoms with E-state index in [2.05, 4.69) is 26.0 Å². The third-order valence-corrected chi connectivity index (χ3v) is 3.34. The van der Waals surface area contributed by atoms with Crippen LogP contribution in [-0.4, -0.2) is 13.1 Å². The van der Waals surface area contributed by atoms with Crippen LogP contribution in [0.4, 0.5) is 5.69 Å². The Labute approximate surface area is 107 Å². The maximum absolute atomic E-state index is 11.4. The second kappa shape index (κ2) is 4.47. The van der Waals surface area contributed by atoms with Gasteiger partial charge < -0.3 is 10.1 Å². The highest BCUT2D eigenvalue weighted by molar-refractivity contribution is 9.10. The number of ether oxygens (including phenoxy) is 1. The third kappa shape index (κ3) is 1.95. The van der Waals surface area contributed by atoms with E-state index >= 15 is 0 Å². The van der Waals surface area contributed by atoms with Crippen molar-refractivity contribution in [2.45, 2.75) is 5.38 Å². The summed E-state index contributed by atoms with van der Waals surface area (Å²) in [5.74, 6) is -0.373. The Morgan fingerprint density at radius 1 is 1.56 bits per heavy atom. The third-order valence-electron chi connectivity index (χ3n) is 2.33. The molecular weight excluding hydrogens is 293 g/mol. The monoisotopic (exact) mass is 301 g/mol. The van der Waals surface area contributed by atoms with Crippen molar-refractivity contribution in [3.05, 3.63) is 40.0 Å². The highest BCUT2D eigenvalue weighted by Crippen LogP contribution is 2.38. The number of esters is 1. The smallest absolute Gasteiger partial charge is 0.337 e. The Balaban J connectivity index is 2.53. The minimum Gasteiger partial charge on any atom is -0.465 e. The van der Waals surface area contributed by atoms with Crippen molar-refractivity contribution in [2.24, 2.45) is 0 Å². The number of methoxy groups -OCH3 is 1. The maximum Gasteiger partial charge on any atom is 0.337 e. The first-order valence-corrected chi connectivity index (χ1v) is 5.85. The van der Waals surface area contributed by atoms with Gasteiger partial charge in [-0.1, -0.05) is 0 Å². The Kier molecular flexibility index (Phi) is 3.21. The number of rotatable bonds is 1. The first-order valence-electron chi connectivity index (χ1n) is 4.62. The quantitative estimate of drug-likeness (QED) is 0.638. The molecule has 2 rings (SSSR count). The van der Waals surface area contributed by atoms with Gasteiger partial charge in [0.1, 0.15) is 0 Å². The van der Waals surface area contributed by atoms with Gasteiger partial charge in [0.15, 0.2) is 0 Å². The Morgan fingerprint density at radius 3 is 3.00 bits per heavy atom. The van der Waals surface area contributed by atoms with Crippen LogP contribution in [0.1, 0.15) is 21.3 Å². The van der Waals surface area contributed by atoms with E-state index in [0.717, 1.165) is 15.7 Å². The lowest BCUT2D eigenvalue weighted by Crippen LogP contribution is -2.08. The average molecular weight is 303 g/mol. The van der Waals surface area contributed by atoms with E-state index in [0.29, 0.717) is 5.56 Å². The SMILES string of the molecule is COC(=O)c1cc(Br)c2c(c1)C(Cl)C=CN2. The van der Waals surface area contributed by atoms with E-state index < -0.39 is 0 Å². The zero-order valence-corrected chi connectivity index (χ0v) is 10.8. The van der Waals surface area contributed by atoms with Crippen molar-refractivity contribution >= 4 is 39.2 Å². The highest BCUT2D eigenvalue weighted by Gasteiger charge is 2.19. The number of anilines is 1. The highest BCUT2D eigenvalue weighted by atomic mass is 79.9. The summed E-state index contributed by atoms with van der Waals surface area (Å²) in [6.45, 7) is 0. The van der Waals surface area contributed by atoms with Gasteiger partial charge in [0, 0.05) is 4.47 Å². The second-order valence-corrected chi connectivity index (χ2v) is 4.64. The molecule has 0 fully saturated rings. The molecule has 0 amide bonds. The van der Waals surface area contributed by atoms with Gasteiger partial charge in [0.2, 0.25) is 0 Å². The van der Waals surface area contributed by atoms with Gasteiger partial charge in [-0.15, -0.1) is 11.6 Å². The molecule has 0 aliphatic carbocycles. The van der Waals surface area contributed by atoms with Crippen LogP contribution >= 0.6 is 27.5 Å². The minimum atomic E-state index is -0.373. The first-order chi connectivity index (χ1) is 7.63. The summed E-state index contributed by atoms with van der Waals surface area (Å²) in [7, 11) is 1.35. The van der Waals surface area contributed by atoms with Crippen molar-refractivity contribution < 1.29 is 9.53 Å².